The summed E-state index contributed by atoms with van der Waals surface area (Å²) in [6.07, 6.45) is 4.63. The minimum Gasteiger partial charge on any atom is -0.366 e. The van der Waals surface area contributed by atoms with Crippen molar-refractivity contribution in [2.24, 2.45) is 5.73 Å². The molecule has 7 nitrogen and oxygen atoms in total. The highest BCUT2D eigenvalue weighted by Gasteiger charge is 2.23. The summed E-state index contributed by atoms with van der Waals surface area (Å²) in [6, 6.07) is 1.57. The highest BCUT2D eigenvalue weighted by molar-refractivity contribution is 7.99. The molecule has 3 N–H and O–H groups in total. The molecule has 0 radical (unpaired) electrons. The number of nitrogens with two attached hydrogens (primary N) is 1. The molecule has 4 rings (SSSR count). The van der Waals surface area contributed by atoms with Gasteiger partial charge in [-0.3, -0.25) is 19.0 Å². The van der Waals surface area contributed by atoms with Gasteiger partial charge in [-0.25, -0.2) is 4.98 Å². The molecule has 3 heterocycles. The number of hydrogen-bond donors (Lipinski definition) is 2. The molecule has 0 saturated carbocycles. The molecule has 0 spiro atoms. The lowest BCUT2D eigenvalue weighted by Crippen LogP contribution is -2.24. The quantitative estimate of drug-likeness (QED) is 0.330. The van der Waals surface area contributed by atoms with Crippen LogP contribution in [0.4, 0.5) is 5.00 Å². The number of fused-ring (bicyclic) bond motifs is 3. The number of rotatable bonds is 7. The van der Waals surface area contributed by atoms with Crippen molar-refractivity contribution in [3.63, 3.8) is 0 Å². The van der Waals surface area contributed by atoms with Crippen molar-refractivity contribution in [3.05, 3.63) is 50.5 Å². The molecular formula is C19H18N4O3S3. The highest BCUT2D eigenvalue weighted by Crippen LogP contribution is 2.35. The van der Waals surface area contributed by atoms with Crippen LogP contribution >= 0.6 is 34.4 Å². The van der Waals surface area contributed by atoms with Crippen LogP contribution in [0.15, 0.2) is 34.1 Å². The van der Waals surface area contributed by atoms with Gasteiger partial charge < -0.3 is 11.1 Å². The Bertz CT molecular complexity index is 1190. The van der Waals surface area contributed by atoms with E-state index in [-0.39, 0.29) is 22.8 Å². The lowest BCUT2D eigenvalue weighted by atomic mass is 10.2. The number of carbonyl (C=O) groups excluding carboxylic acids is 2. The van der Waals surface area contributed by atoms with E-state index < -0.39 is 5.91 Å². The molecule has 0 atom stereocenters. The Morgan fingerprint density at radius 1 is 1.41 bits per heavy atom. The van der Waals surface area contributed by atoms with Crippen molar-refractivity contribution >= 4 is 61.5 Å². The van der Waals surface area contributed by atoms with Gasteiger partial charge in [0.25, 0.3) is 11.5 Å². The summed E-state index contributed by atoms with van der Waals surface area (Å²) in [5.74, 6) is -0.837. The molecule has 10 heteroatoms. The number of anilines is 1. The summed E-state index contributed by atoms with van der Waals surface area (Å²) in [5, 5.41) is 6.01. The second kappa shape index (κ2) is 8.13. The van der Waals surface area contributed by atoms with Gasteiger partial charge in [0.2, 0.25) is 5.91 Å². The Labute approximate surface area is 178 Å². The third-order valence-electron chi connectivity index (χ3n) is 4.62. The van der Waals surface area contributed by atoms with Crippen molar-refractivity contribution in [1.29, 1.82) is 0 Å². The first-order valence-electron chi connectivity index (χ1n) is 8.95. The van der Waals surface area contributed by atoms with Crippen molar-refractivity contribution < 1.29 is 9.59 Å². The molecule has 1 aliphatic carbocycles. The fourth-order valence-electron chi connectivity index (χ4n) is 3.35. The van der Waals surface area contributed by atoms with Gasteiger partial charge >= 0.3 is 0 Å². The largest absolute Gasteiger partial charge is 0.366 e. The van der Waals surface area contributed by atoms with E-state index in [9.17, 15) is 14.4 Å². The molecule has 3 aromatic rings. The Morgan fingerprint density at radius 2 is 2.24 bits per heavy atom. The molecule has 0 aromatic carbocycles. The standard InChI is InChI=1S/C19H18N4O3S3/c1-2-7-23-18(26)14-10-4-3-5-12(10)29-17(14)22-19(23)28-9-13(24)21-16-11(15(20)25)6-8-27-16/h2,6,8H,1,3-5,7,9H2,(H2,20,25)(H,21,24). The minimum atomic E-state index is -0.591. The number of aromatic nitrogens is 2. The number of nitrogens with one attached hydrogen (secondary N) is 1. The predicted octanol–water partition coefficient (Wildman–Crippen LogP) is 3.02. The average Bonchev–Trinajstić information content (AvgIpc) is 3.38. The van der Waals surface area contributed by atoms with Crippen LogP contribution in [-0.4, -0.2) is 27.1 Å². The number of amides is 2. The lowest BCUT2D eigenvalue weighted by molar-refractivity contribution is -0.113. The van der Waals surface area contributed by atoms with Gasteiger partial charge in [-0.1, -0.05) is 17.8 Å². The van der Waals surface area contributed by atoms with Crippen LogP contribution in [0, 0.1) is 0 Å². The normalized spacial score (nSPS) is 12.8. The summed E-state index contributed by atoms with van der Waals surface area (Å²) >= 11 is 3.99. The maximum Gasteiger partial charge on any atom is 0.263 e. The molecule has 0 bridgehead atoms. The smallest absolute Gasteiger partial charge is 0.263 e. The molecule has 0 unspecified atom stereocenters. The van der Waals surface area contributed by atoms with Crippen LogP contribution in [0.5, 0.6) is 0 Å². The van der Waals surface area contributed by atoms with Gasteiger partial charge in [0.05, 0.1) is 16.7 Å². The van der Waals surface area contributed by atoms with E-state index in [2.05, 4.69) is 16.9 Å². The first-order chi connectivity index (χ1) is 14.0. The van der Waals surface area contributed by atoms with E-state index in [1.54, 1.807) is 33.4 Å². The van der Waals surface area contributed by atoms with Gasteiger partial charge in [0.15, 0.2) is 5.16 Å². The fourth-order valence-corrected chi connectivity index (χ4v) is 6.27. The summed E-state index contributed by atoms with van der Waals surface area (Å²) in [5.41, 5.74) is 6.64. The number of thioether (sulfide) groups is 1. The zero-order valence-corrected chi connectivity index (χ0v) is 17.8. The van der Waals surface area contributed by atoms with E-state index in [0.29, 0.717) is 22.1 Å². The van der Waals surface area contributed by atoms with Crippen LogP contribution < -0.4 is 16.6 Å². The Kier molecular flexibility index (Phi) is 5.57. The van der Waals surface area contributed by atoms with Crippen molar-refractivity contribution in [1.82, 2.24) is 9.55 Å². The Morgan fingerprint density at radius 3 is 3.00 bits per heavy atom. The van der Waals surface area contributed by atoms with Crippen LogP contribution in [0.2, 0.25) is 0 Å². The lowest BCUT2D eigenvalue weighted by Gasteiger charge is -2.10. The summed E-state index contributed by atoms with van der Waals surface area (Å²) in [4.78, 5) is 43.5. The topological polar surface area (TPSA) is 107 Å². The first kappa shape index (κ1) is 19.9. The van der Waals surface area contributed by atoms with Crippen molar-refractivity contribution in [3.8, 4) is 0 Å². The first-order valence-corrected chi connectivity index (χ1v) is 11.6. The molecule has 150 valence electrons. The van der Waals surface area contributed by atoms with Crippen molar-refractivity contribution in [2.75, 3.05) is 11.1 Å². The molecule has 3 aromatic heterocycles. The van der Waals surface area contributed by atoms with E-state index in [1.165, 1.54) is 28.0 Å². The van der Waals surface area contributed by atoms with E-state index in [1.807, 2.05) is 0 Å². The number of carbonyl (C=O) groups is 2. The molecule has 29 heavy (non-hydrogen) atoms. The SMILES string of the molecule is C=CCn1c(SCC(=O)Nc2sccc2C(N)=O)nc2sc3c(c2c1=O)CCC3. The number of nitrogens with zero attached hydrogens (tertiary/aromatic N) is 2. The second-order valence-electron chi connectivity index (χ2n) is 6.50. The van der Waals surface area contributed by atoms with Gasteiger partial charge in [0.1, 0.15) is 9.83 Å². The van der Waals surface area contributed by atoms with Crippen molar-refractivity contribution in [2.45, 2.75) is 31.0 Å². The third kappa shape index (κ3) is 3.75. The van der Waals surface area contributed by atoms with Crippen LogP contribution in [-0.2, 0) is 24.2 Å². The number of allylic oxidation sites excluding steroid dienone is 1. The number of primary amides is 1. The maximum absolute atomic E-state index is 13.1. The maximum atomic E-state index is 13.1. The Balaban J connectivity index is 1.58. The fraction of sp³-hybridized carbons (Fsp3) is 0.263. The zero-order valence-electron chi connectivity index (χ0n) is 15.4. The summed E-state index contributed by atoms with van der Waals surface area (Å²) < 4.78 is 1.57. The molecule has 2 amide bonds. The highest BCUT2D eigenvalue weighted by atomic mass is 32.2. The molecule has 1 aliphatic rings. The van der Waals surface area contributed by atoms with Crippen LogP contribution in [0.3, 0.4) is 0 Å². The monoisotopic (exact) mass is 446 g/mol. The Hall–Kier alpha value is -2.43. The summed E-state index contributed by atoms with van der Waals surface area (Å²) in [6.45, 7) is 4.06. The third-order valence-corrected chi connectivity index (χ3v) is 7.61. The minimum absolute atomic E-state index is 0.0519. The van der Waals surface area contributed by atoms with Crippen LogP contribution in [0.25, 0.3) is 10.2 Å². The number of hydrogen-bond acceptors (Lipinski definition) is 7. The van der Waals surface area contributed by atoms with Gasteiger partial charge in [-0.15, -0.1) is 29.3 Å². The predicted molar refractivity (Wildman–Crippen MR) is 118 cm³/mol. The average molecular weight is 447 g/mol. The molecular weight excluding hydrogens is 428 g/mol. The van der Waals surface area contributed by atoms with Crippen LogP contribution in [0.1, 0.15) is 27.2 Å². The number of aryl methyl sites for hydroxylation is 2. The zero-order chi connectivity index (χ0) is 20.5. The van der Waals surface area contributed by atoms with E-state index in [0.717, 1.165) is 29.7 Å². The summed E-state index contributed by atoms with van der Waals surface area (Å²) in [7, 11) is 0. The van der Waals surface area contributed by atoms with E-state index >= 15 is 0 Å². The molecule has 0 saturated heterocycles. The van der Waals surface area contributed by atoms with E-state index in [4.69, 9.17) is 5.73 Å². The van der Waals surface area contributed by atoms with Gasteiger partial charge in [-0.2, -0.15) is 0 Å². The second-order valence-corrected chi connectivity index (χ2v) is 9.44. The van der Waals surface area contributed by atoms with Gasteiger partial charge in [0, 0.05) is 11.4 Å². The molecule has 0 aliphatic heterocycles. The van der Waals surface area contributed by atoms with Gasteiger partial charge in [-0.05, 0) is 36.3 Å². The molecule has 0 fully saturated rings. The number of thiophene rings is 2.